The lowest BCUT2D eigenvalue weighted by molar-refractivity contribution is 0.0819. The first kappa shape index (κ1) is 9.24. The molecule has 76 valence electrons. The fourth-order valence-corrected chi connectivity index (χ4v) is 1.53. The maximum atomic E-state index is 11.9. The molecule has 1 aromatic carbocycles. The van der Waals surface area contributed by atoms with Gasteiger partial charge in [0.2, 0.25) is 0 Å². The Hall–Kier alpha value is -1.32. The van der Waals surface area contributed by atoms with Gasteiger partial charge in [-0.05, 0) is 30.2 Å². The lowest BCUT2D eigenvalue weighted by Crippen LogP contribution is -2.06. The molecular weight excluding hydrogens is 188 g/mol. The van der Waals surface area contributed by atoms with E-state index in [0.29, 0.717) is 5.75 Å². The predicted molar refractivity (Wildman–Crippen MR) is 50.1 cm³/mol. The molecule has 1 heterocycles. The summed E-state index contributed by atoms with van der Waals surface area (Å²) in [7, 11) is 0. The molecule has 0 spiro atoms. The van der Waals surface area contributed by atoms with Crippen molar-refractivity contribution in [2.24, 2.45) is 0 Å². The van der Waals surface area contributed by atoms with Crippen LogP contribution in [0.4, 0.5) is 14.5 Å². The Bertz CT molecular complexity index is 328. The van der Waals surface area contributed by atoms with Crippen LogP contribution in [0.2, 0.25) is 0 Å². The minimum Gasteiger partial charge on any atom is -0.488 e. The van der Waals surface area contributed by atoms with E-state index in [0.717, 1.165) is 24.2 Å². The Morgan fingerprint density at radius 3 is 3.07 bits per heavy atom. The number of rotatable bonds is 3. The second-order valence-electron chi connectivity index (χ2n) is 3.20. The summed E-state index contributed by atoms with van der Waals surface area (Å²) in [6.07, 6.45) is -1.48. The number of benzene rings is 1. The molecule has 1 aliphatic rings. The fourth-order valence-electron chi connectivity index (χ4n) is 1.53. The highest BCUT2D eigenvalue weighted by Gasteiger charge is 2.11. The van der Waals surface area contributed by atoms with Crippen LogP contribution >= 0.6 is 0 Å². The molecule has 4 heteroatoms. The molecule has 1 aliphatic heterocycles. The van der Waals surface area contributed by atoms with Gasteiger partial charge < -0.3 is 10.1 Å². The smallest absolute Gasteiger partial charge is 0.272 e. The number of ether oxygens (including phenoxy) is 1. The van der Waals surface area contributed by atoms with E-state index in [1.807, 2.05) is 12.1 Å². The number of alkyl halides is 2. The number of halogens is 2. The predicted octanol–water partition coefficient (Wildman–Crippen LogP) is 2.30. The van der Waals surface area contributed by atoms with Crippen LogP contribution in [0.15, 0.2) is 18.2 Å². The van der Waals surface area contributed by atoms with E-state index >= 15 is 0 Å². The number of fused-ring (bicyclic) bond motifs is 1. The van der Waals surface area contributed by atoms with Gasteiger partial charge in [-0.3, -0.25) is 0 Å². The zero-order chi connectivity index (χ0) is 9.97. The summed E-state index contributed by atoms with van der Waals surface area (Å²) in [5.74, 6) is 0.521. The molecule has 0 fully saturated rings. The topological polar surface area (TPSA) is 21.3 Å². The minimum absolute atomic E-state index is 0.521. The SMILES string of the molecule is FC(F)COc1ccc2c(c1)CCN2. The Kier molecular flexibility index (Phi) is 2.52. The minimum atomic E-state index is -2.42. The lowest BCUT2D eigenvalue weighted by atomic mass is 10.1. The summed E-state index contributed by atoms with van der Waals surface area (Å²) in [5, 5.41) is 3.19. The summed E-state index contributed by atoms with van der Waals surface area (Å²) < 4.78 is 28.6. The summed E-state index contributed by atoms with van der Waals surface area (Å²) in [5.41, 5.74) is 2.21. The first-order valence-corrected chi connectivity index (χ1v) is 4.53. The van der Waals surface area contributed by atoms with Crippen LogP contribution in [0.3, 0.4) is 0 Å². The molecule has 1 N–H and O–H groups in total. The van der Waals surface area contributed by atoms with E-state index < -0.39 is 13.0 Å². The highest BCUT2D eigenvalue weighted by atomic mass is 19.3. The molecule has 0 unspecified atom stereocenters. The third kappa shape index (κ3) is 1.95. The first-order chi connectivity index (χ1) is 6.75. The average Bonchev–Trinajstić information content (AvgIpc) is 2.61. The van der Waals surface area contributed by atoms with Gasteiger partial charge in [-0.2, -0.15) is 0 Å². The second-order valence-corrected chi connectivity index (χ2v) is 3.20. The van der Waals surface area contributed by atoms with Crippen LogP contribution in [0.25, 0.3) is 0 Å². The van der Waals surface area contributed by atoms with Crippen LogP contribution in [0.1, 0.15) is 5.56 Å². The Labute approximate surface area is 80.9 Å². The van der Waals surface area contributed by atoms with Crippen molar-refractivity contribution in [3.63, 3.8) is 0 Å². The van der Waals surface area contributed by atoms with Gasteiger partial charge >= 0.3 is 0 Å². The molecule has 0 amide bonds. The maximum Gasteiger partial charge on any atom is 0.272 e. The van der Waals surface area contributed by atoms with Crippen LogP contribution in [-0.4, -0.2) is 19.6 Å². The summed E-state index contributed by atoms with van der Waals surface area (Å²) in [6, 6.07) is 5.39. The molecule has 0 saturated heterocycles. The molecule has 0 atom stereocenters. The second kappa shape index (κ2) is 3.82. The molecule has 14 heavy (non-hydrogen) atoms. The molecule has 0 saturated carbocycles. The van der Waals surface area contributed by atoms with Crippen molar-refractivity contribution < 1.29 is 13.5 Å². The number of nitrogens with one attached hydrogen (secondary N) is 1. The Balaban J connectivity index is 2.05. The van der Waals surface area contributed by atoms with Crippen molar-refractivity contribution in [3.8, 4) is 5.75 Å². The van der Waals surface area contributed by atoms with Crippen molar-refractivity contribution in [1.82, 2.24) is 0 Å². The molecule has 0 aromatic heterocycles. The van der Waals surface area contributed by atoms with Gasteiger partial charge in [0.1, 0.15) is 12.4 Å². The summed E-state index contributed by atoms with van der Waals surface area (Å²) >= 11 is 0. The van der Waals surface area contributed by atoms with Gasteiger partial charge in [0.05, 0.1) is 0 Å². The standard InChI is InChI=1S/C10H11F2NO/c11-10(12)6-14-8-1-2-9-7(5-8)3-4-13-9/h1-2,5,10,13H,3-4,6H2. The van der Waals surface area contributed by atoms with Crippen LogP contribution in [0.5, 0.6) is 5.75 Å². The molecule has 0 radical (unpaired) electrons. The number of hydrogen-bond acceptors (Lipinski definition) is 2. The molecule has 0 bridgehead atoms. The van der Waals surface area contributed by atoms with E-state index in [1.54, 1.807) is 6.07 Å². The zero-order valence-electron chi connectivity index (χ0n) is 7.59. The molecule has 1 aromatic rings. The molecule has 2 rings (SSSR count). The van der Waals surface area contributed by atoms with E-state index in [2.05, 4.69) is 5.32 Å². The van der Waals surface area contributed by atoms with Gasteiger partial charge in [0, 0.05) is 12.2 Å². The quantitative estimate of drug-likeness (QED) is 0.806. The third-order valence-corrected chi connectivity index (χ3v) is 2.16. The molecule has 0 aliphatic carbocycles. The van der Waals surface area contributed by atoms with Gasteiger partial charge in [-0.1, -0.05) is 0 Å². The lowest BCUT2D eigenvalue weighted by Gasteiger charge is -2.06. The van der Waals surface area contributed by atoms with Crippen LogP contribution < -0.4 is 10.1 Å². The van der Waals surface area contributed by atoms with E-state index in [9.17, 15) is 8.78 Å². The zero-order valence-corrected chi connectivity index (χ0v) is 7.59. The van der Waals surface area contributed by atoms with E-state index in [1.165, 1.54) is 0 Å². The van der Waals surface area contributed by atoms with Gasteiger partial charge in [-0.15, -0.1) is 0 Å². The van der Waals surface area contributed by atoms with Gasteiger partial charge in [0.25, 0.3) is 6.43 Å². The third-order valence-electron chi connectivity index (χ3n) is 2.16. The normalized spacial score (nSPS) is 13.9. The van der Waals surface area contributed by atoms with Crippen molar-refractivity contribution in [2.75, 3.05) is 18.5 Å². The highest BCUT2D eigenvalue weighted by Crippen LogP contribution is 2.26. The van der Waals surface area contributed by atoms with E-state index in [4.69, 9.17) is 4.74 Å². The Morgan fingerprint density at radius 1 is 1.43 bits per heavy atom. The number of anilines is 1. The van der Waals surface area contributed by atoms with Crippen molar-refractivity contribution in [3.05, 3.63) is 23.8 Å². The fraction of sp³-hybridized carbons (Fsp3) is 0.400. The summed E-state index contributed by atoms with van der Waals surface area (Å²) in [4.78, 5) is 0. The van der Waals surface area contributed by atoms with Crippen molar-refractivity contribution in [1.29, 1.82) is 0 Å². The average molecular weight is 199 g/mol. The monoisotopic (exact) mass is 199 g/mol. The van der Waals surface area contributed by atoms with Gasteiger partial charge in [-0.25, -0.2) is 8.78 Å². The number of hydrogen-bond donors (Lipinski definition) is 1. The van der Waals surface area contributed by atoms with E-state index in [-0.39, 0.29) is 0 Å². The first-order valence-electron chi connectivity index (χ1n) is 4.53. The van der Waals surface area contributed by atoms with Crippen molar-refractivity contribution in [2.45, 2.75) is 12.8 Å². The molecule has 2 nitrogen and oxygen atoms in total. The van der Waals surface area contributed by atoms with Crippen molar-refractivity contribution >= 4 is 5.69 Å². The van der Waals surface area contributed by atoms with Gasteiger partial charge in [0.15, 0.2) is 0 Å². The van der Waals surface area contributed by atoms with Crippen LogP contribution in [0, 0.1) is 0 Å². The largest absolute Gasteiger partial charge is 0.488 e. The molecular formula is C10H11F2NO. The highest BCUT2D eigenvalue weighted by molar-refractivity contribution is 5.57. The Morgan fingerprint density at radius 2 is 2.29 bits per heavy atom. The van der Waals surface area contributed by atoms with Crippen LogP contribution in [-0.2, 0) is 6.42 Å². The summed E-state index contributed by atoms with van der Waals surface area (Å²) in [6.45, 7) is 0.375. The maximum absolute atomic E-state index is 11.9.